The minimum Gasteiger partial charge on any atom is -0.377 e. The number of tetrazole rings is 1. The van der Waals surface area contributed by atoms with Crippen molar-refractivity contribution in [3.05, 3.63) is 30.3 Å². The number of benzene rings is 1. The minimum absolute atomic E-state index is 0.333. The van der Waals surface area contributed by atoms with Gasteiger partial charge in [0.25, 0.3) is 0 Å². The monoisotopic (exact) mass is 276 g/mol. The van der Waals surface area contributed by atoms with Crippen LogP contribution in [0.15, 0.2) is 35.5 Å². The van der Waals surface area contributed by atoms with Gasteiger partial charge in [0.05, 0.1) is 11.8 Å². The molecule has 1 atom stereocenters. The van der Waals surface area contributed by atoms with Crippen LogP contribution in [0.4, 0.5) is 0 Å². The molecule has 1 aliphatic rings. The normalized spacial score (nSPS) is 19.5. The third kappa shape index (κ3) is 3.13. The molecule has 0 N–H and O–H groups in total. The average Bonchev–Trinajstić information content (AvgIpc) is 2.95. The molecule has 1 aliphatic heterocycles. The third-order valence-corrected chi connectivity index (χ3v) is 4.17. The molecule has 0 aliphatic carbocycles. The van der Waals surface area contributed by atoms with Gasteiger partial charge in [-0.15, -0.1) is 5.10 Å². The summed E-state index contributed by atoms with van der Waals surface area (Å²) in [6.45, 7) is 0.884. The van der Waals surface area contributed by atoms with Crippen LogP contribution in [-0.4, -0.2) is 38.7 Å². The molecule has 0 unspecified atom stereocenters. The molecule has 6 heteroatoms. The molecule has 0 bridgehead atoms. The molecule has 2 heterocycles. The minimum atomic E-state index is 0.333. The van der Waals surface area contributed by atoms with E-state index >= 15 is 0 Å². The average molecular weight is 276 g/mol. The standard InChI is InChI=1S/C13H16N4OS/c1-2-6-11(7-3-1)17-13(14-15-16-17)19-10-12-8-4-5-9-18-12/h1-3,6-7,12H,4-5,8-10H2/t12-/m0/s1. The predicted molar refractivity (Wildman–Crippen MR) is 73.5 cm³/mol. The Morgan fingerprint density at radius 2 is 2.16 bits per heavy atom. The van der Waals surface area contributed by atoms with E-state index in [0.29, 0.717) is 6.10 Å². The predicted octanol–water partition coefficient (Wildman–Crippen LogP) is 2.32. The van der Waals surface area contributed by atoms with E-state index in [-0.39, 0.29) is 0 Å². The number of hydrogen-bond donors (Lipinski definition) is 0. The van der Waals surface area contributed by atoms with E-state index < -0.39 is 0 Å². The van der Waals surface area contributed by atoms with Gasteiger partial charge in [0, 0.05) is 12.4 Å². The van der Waals surface area contributed by atoms with Crippen molar-refractivity contribution < 1.29 is 4.74 Å². The van der Waals surface area contributed by atoms with Gasteiger partial charge < -0.3 is 4.74 Å². The molecule has 0 saturated carbocycles. The molecular formula is C13H16N4OS. The van der Waals surface area contributed by atoms with Crippen molar-refractivity contribution >= 4 is 11.8 Å². The molecule has 5 nitrogen and oxygen atoms in total. The highest BCUT2D eigenvalue weighted by atomic mass is 32.2. The van der Waals surface area contributed by atoms with Gasteiger partial charge in [-0.3, -0.25) is 0 Å². The quantitative estimate of drug-likeness (QED) is 0.802. The molecule has 1 saturated heterocycles. The number of hydrogen-bond acceptors (Lipinski definition) is 5. The first-order valence-corrected chi connectivity index (χ1v) is 7.50. The Morgan fingerprint density at radius 1 is 1.26 bits per heavy atom. The summed E-state index contributed by atoms with van der Waals surface area (Å²) in [7, 11) is 0. The van der Waals surface area contributed by atoms with Gasteiger partial charge in [-0.2, -0.15) is 4.68 Å². The molecule has 2 aromatic rings. The number of rotatable bonds is 4. The van der Waals surface area contributed by atoms with E-state index in [9.17, 15) is 0 Å². The molecule has 100 valence electrons. The van der Waals surface area contributed by atoms with Crippen LogP contribution in [-0.2, 0) is 4.74 Å². The fraction of sp³-hybridized carbons (Fsp3) is 0.462. The van der Waals surface area contributed by atoms with Gasteiger partial charge in [0.15, 0.2) is 0 Å². The second kappa shape index (κ2) is 6.16. The summed E-state index contributed by atoms with van der Waals surface area (Å²) in [6, 6.07) is 9.94. The highest BCUT2D eigenvalue weighted by Gasteiger charge is 2.16. The first kappa shape index (κ1) is 12.6. The number of aromatic nitrogens is 4. The SMILES string of the molecule is c1ccc(-n2nnnc2SC[C@@H]2CCCCO2)cc1. The second-order valence-electron chi connectivity index (χ2n) is 4.51. The Balaban J connectivity index is 1.67. The lowest BCUT2D eigenvalue weighted by Gasteiger charge is -2.21. The zero-order valence-corrected chi connectivity index (χ0v) is 11.4. The largest absolute Gasteiger partial charge is 0.377 e. The molecule has 3 rings (SSSR count). The van der Waals surface area contributed by atoms with Crippen molar-refractivity contribution in [3.63, 3.8) is 0 Å². The maximum atomic E-state index is 5.72. The van der Waals surface area contributed by atoms with Crippen molar-refractivity contribution in [1.82, 2.24) is 20.2 Å². The first-order chi connectivity index (χ1) is 9.43. The van der Waals surface area contributed by atoms with Crippen LogP contribution in [0, 0.1) is 0 Å². The highest BCUT2D eigenvalue weighted by Crippen LogP contribution is 2.23. The highest BCUT2D eigenvalue weighted by molar-refractivity contribution is 7.99. The fourth-order valence-corrected chi connectivity index (χ4v) is 3.06. The van der Waals surface area contributed by atoms with Crippen molar-refractivity contribution in [2.24, 2.45) is 0 Å². The Labute approximate surface area is 116 Å². The Kier molecular flexibility index (Phi) is 4.10. The summed E-state index contributed by atoms with van der Waals surface area (Å²) in [6.07, 6.45) is 3.91. The van der Waals surface area contributed by atoms with E-state index in [1.54, 1.807) is 16.4 Å². The summed E-state index contributed by atoms with van der Waals surface area (Å²) in [5.41, 5.74) is 0.986. The first-order valence-electron chi connectivity index (χ1n) is 6.52. The molecule has 0 amide bonds. The van der Waals surface area contributed by atoms with Gasteiger partial charge in [0.2, 0.25) is 5.16 Å². The van der Waals surface area contributed by atoms with E-state index in [0.717, 1.165) is 29.6 Å². The lowest BCUT2D eigenvalue weighted by atomic mass is 10.1. The maximum absolute atomic E-state index is 5.72. The Morgan fingerprint density at radius 3 is 2.95 bits per heavy atom. The van der Waals surface area contributed by atoms with Crippen LogP contribution in [0.3, 0.4) is 0 Å². The zero-order chi connectivity index (χ0) is 12.9. The van der Waals surface area contributed by atoms with Crippen LogP contribution in [0.2, 0.25) is 0 Å². The lowest BCUT2D eigenvalue weighted by molar-refractivity contribution is 0.0315. The second-order valence-corrected chi connectivity index (χ2v) is 5.50. The van der Waals surface area contributed by atoms with Crippen LogP contribution in [0.5, 0.6) is 0 Å². The molecule has 0 radical (unpaired) electrons. The number of para-hydroxylation sites is 1. The van der Waals surface area contributed by atoms with Crippen LogP contribution < -0.4 is 0 Å². The van der Waals surface area contributed by atoms with Gasteiger partial charge in [0.1, 0.15) is 0 Å². The maximum Gasteiger partial charge on any atom is 0.214 e. The van der Waals surface area contributed by atoms with Crippen molar-refractivity contribution in [2.75, 3.05) is 12.4 Å². The van der Waals surface area contributed by atoms with E-state index in [4.69, 9.17) is 4.74 Å². The van der Waals surface area contributed by atoms with Gasteiger partial charge in [-0.1, -0.05) is 30.0 Å². The molecule has 1 aromatic heterocycles. The third-order valence-electron chi connectivity index (χ3n) is 3.11. The number of ether oxygens (including phenoxy) is 1. The molecule has 0 spiro atoms. The summed E-state index contributed by atoms with van der Waals surface area (Å²) in [5.74, 6) is 0.910. The van der Waals surface area contributed by atoms with Crippen LogP contribution in [0.1, 0.15) is 19.3 Å². The number of nitrogens with zero attached hydrogens (tertiary/aromatic N) is 4. The topological polar surface area (TPSA) is 52.8 Å². The van der Waals surface area contributed by atoms with E-state index in [1.807, 2.05) is 30.3 Å². The van der Waals surface area contributed by atoms with E-state index in [2.05, 4.69) is 15.5 Å². The summed E-state index contributed by atoms with van der Waals surface area (Å²) >= 11 is 1.66. The number of thioether (sulfide) groups is 1. The molecular weight excluding hydrogens is 260 g/mol. The molecule has 1 aromatic carbocycles. The van der Waals surface area contributed by atoms with Crippen molar-refractivity contribution in [1.29, 1.82) is 0 Å². The van der Waals surface area contributed by atoms with Crippen molar-refractivity contribution in [2.45, 2.75) is 30.5 Å². The molecule has 1 fully saturated rings. The van der Waals surface area contributed by atoms with Gasteiger partial charge in [-0.05, 0) is 41.8 Å². The summed E-state index contributed by atoms with van der Waals surface area (Å²) < 4.78 is 7.49. The van der Waals surface area contributed by atoms with Gasteiger partial charge in [-0.25, -0.2) is 0 Å². The smallest absolute Gasteiger partial charge is 0.214 e. The van der Waals surface area contributed by atoms with Gasteiger partial charge >= 0.3 is 0 Å². The fourth-order valence-electron chi connectivity index (χ4n) is 2.11. The lowest BCUT2D eigenvalue weighted by Crippen LogP contribution is -2.21. The Bertz CT molecular complexity index is 510. The summed E-state index contributed by atoms with van der Waals surface area (Å²) in [5, 5.41) is 12.7. The molecule has 19 heavy (non-hydrogen) atoms. The summed E-state index contributed by atoms with van der Waals surface area (Å²) in [4.78, 5) is 0. The Hall–Kier alpha value is -1.40. The van der Waals surface area contributed by atoms with E-state index in [1.165, 1.54) is 12.8 Å². The zero-order valence-electron chi connectivity index (χ0n) is 10.6. The van der Waals surface area contributed by atoms with Crippen LogP contribution in [0.25, 0.3) is 5.69 Å². The van der Waals surface area contributed by atoms with Crippen LogP contribution >= 0.6 is 11.8 Å². The van der Waals surface area contributed by atoms with Crippen molar-refractivity contribution in [3.8, 4) is 5.69 Å².